The number of halogens is 1. The van der Waals surface area contributed by atoms with Crippen LogP contribution in [0.3, 0.4) is 0 Å². The summed E-state index contributed by atoms with van der Waals surface area (Å²) >= 11 is 6.06. The van der Waals surface area contributed by atoms with Crippen LogP contribution in [-0.4, -0.2) is 53.5 Å². The molecule has 0 aliphatic heterocycles. The number of aromatic nitrogens is 2. The second kappa shape index (κ2) is 16.5. The van der Waals surface area contributed by atoms with E-state index < -0.39 is 16.1 Å². The Morgan fingerprint density at radius 3 is 2.11 bits per heavy atom. The molecule has 1 amide bonds. The van der Waals surface area contributed by atoms with Gasteiger partial charge in [-0.25, -0.2) is 4.98 Å². The molecule has 11 heteroatoms. The number of sulfonamides is 1. The Balaban J connectivity index is 2.22. The summed E-state index contributed by atoms with van der Waals surface area (Å²) in [6.45, 7) is 11.3. The van der Waals surface area contributed by atoms with E-state index in [-0.39, 0.29) is 40.1 Å². The molecule has 0 N–H and O–H groups in total. The average molecular weight is 652 g/mol. The third kappa shape index (κ3) is 10.1. The van der Waals surface area contributed by atoms with Crippen LogP contribution in [0.5, 0.6) is 0 Å². The van der Waals surface area contributed by atoms with Crippen molar-refractivity contribution in [2.24, 2.45) is 16.2 Å². The number of nitrogens with zero attached hydrogens (tertiary/aromatic N) is 5. The van der Waals surface area contributed by atoms with Crippen molar-refractivity contribution in [2.45, 2.75) is 71.2 Å². The number of alkyl halides is 1. The van der Waals surface area contributed by atoms with E-state index in [1.54, 1.807) is 41.3 Å². The lowest BCUT2D eigenvalue weighted by Crippen LogP contribution is -2.37. The van der Waals surface area contributed by atoms with Crippen LogP contribution in [-0.2, 0) is 10.0 Å². The highest BCUT2D eigenvalue weighted by atomic mass is 35.5. The molecule has 3 aromatic rings. The van der Waals surface area contributed by atoms with Crippen LogP contribution in [0.2, 0.25) is 0 Å². The molecule has 240 valence electrons. The highest BCUT2D eigenvalue weighted by molar-refractivity contribution is 7.90. The highest BCUT2D eigenvalue weighted by Gasteiger charge is 2.26. The van der Waals surface area contributed by atoms with Gasteiger partial charge in [-0.1, -0.05) is 57.5 Å². The molecular formula is C34H42ClN5O4S. The molecule has 0 saturated heterocycles. The van der Waals surface area contributed by atoms with Gasteiger partial charge < -0.3 is 9.47 Å². The normalized spacial score (nSPS) is 12.7. The molecule has 0 bridgehead atoms. The molecule has 0 saturated carbocycles. The van der Waals surface area contributed by atoms with Crippen molar-refractivity contribution in [3.8, 4) is 6.07 Å². The Kier molecular flexibility index (Phi) is 13.1. The fraction of sp³-hybridized carbons (Fsp3) is 0.441. The molecule has 1 heterocycles. The first-order valence-corrected chi connectivity index (χ1v) is 17.2. The number of ketones is 1. The minimum Gasteiger partial charge on any atom is -0.337 e. The van der Waals surface area contributed by atoms with Crippen molar-refractivity contribution < 1.29 is 18.0 Å². The van der Waals surface area contributed by atoms with Crippen LogP contribution in [0.25, 0.3) is 0 Å². The molecule has 45 heavy (non-hydrogen) atoms. The van der Waals surface area contributed by atoms with Crippen LogP contribution in [0, 0.1) is 30.1 Å². The highest BCUT2D eigenvalue weighted by Crippen LogP contribution is 2.21. The number of aryl methyl sites for hydroxylation is 1. The lowest BCUT2D eigenvalue weighted by molar-refractivity contribution is 0.0731. The van der Waals surface area contributed by atoms with E-state index in [2.05, 4.69) is 37.1 Å². The van der Waals surface area contributed by atoms with Crippen molar-refractivity contribution >= 4 is 33.3 Å². The van der Waals surface area contributed by atoms with Crippen molar-refractivity contribution in [1.82, 2.24) is 14.5 Å². The van der Waals surface area contributed by atoms with E-state index in [0.717, 1.165) is 18.4 Å². The van der Waals surface area contributed by atoms with Crippen LogP contribution < -0.4 is 5.49 Å². The number of carbonyl (C=O) groups is 2. The van der Waals surface area contributed by atoms with Crippen LogP contribution in [0.15, 0.2) is 70.2 Å². The molecule has 0 radical (unpaired) electrons. The molecule has 0 aliphatic carbocycles. The van der Waals surface area contributed by atoms with Gasteiger partial charge in [-0.3, -0.25) is 9.59 Å². The number of hydrogen-bond acceptors (Lipinski definition) is 6. The minimum absolute atomic E-state index is 0.0101. The van der Waals surface area contributed by atoms with Crippen molar-refractivity contribution in [3.63, 3.8) is 0 Å². The van der Waals surface area contributed by atoms with Gasteiger partial charge in [0, 0.05) is 30.7 Å². The summed E-state index contributed by atoms with van der Waals surface area (Å²) in [6.07, 6.45) is 4.98. The lowest BCUT2D eigenvalue weighted by atomic mass is 9.99. The molecular weight excluding hydrogens is 610 g/mol. The Bertz CT molecular complexity index is 1660. The van der Waals surface area contributed by atoms with E-state index in [0.29, 0.717) is 42.5 Å². The number of benzene rings is 2. The average Bonchev–Trinajstić information content (AvgIpc) is 3.01. The Morgan fingerprint density at radius 2 is 1.58 bits per heavy atom. The largest absolute Gasteiger partial charge is 0.337 e. The van der Waals surface area contributed by atoms with Crippen molar-refractivity contribution in [2.75, 3.05) is 19.0 Å². The van der Waals surface area contributed by atoms with Gasteiger partial charge in [0.2, 0.25) is 0 Å². The summed E-state index contributed by atoms with van der Waals surface area (Å²) in [5.41, 5.74) is 1.61. The maximum absolute atomic E-state index is 14.0. The number of Topliss-reactive ketones (excluding diaryl/α,β-unsaturated/α-hetero) is 1. The number of hydrogen-bond donors (Lipinski definition) is 0. The third-order valence-electron chi connectivity index (χ3n) is 7.38. The van der Waals surface area contributed by atoms with Gasteiger partial charge in [0.15, 0.2) is 11.3 Å². The molecule has 1 unspecified atom stereocenters. The summed E-state index contributed by atoms with van der Waals surface area (Å²) in [7, 11) is -4.20. The second-order valence-corrected chi connectivity index (χ2v) is 14.0. The second-order valence-electron chi connectivity index (χ2n) is 12.0. The van der Waals surface area contributed by atoms with Crippen LogP contribution in [0.4, 0.5) is 0 Å². The van der Waals surface area contributed by atoms with E-state index in [9.17, 15) is 23.3 Å². The zero-order valence-electron chi connectivity index (χ0n) is 26.6. The maximum Gasteiger partial charge on any atom is 0.284 e. The van der Waals surface area contributed by atoms with Crippen molar-refractivity contribution in [1.29, 1.82) is 5.26 Å². The minimum atomic E-state index is -4.20. The van der Waals surface area contributed by atoms with Gasteiger partial charge in [0.25, 0.3) is 15.9 Å². The van der Waals surface area contributed by atoms with E-state index in [1.807, 2.05) is 13.0 Å². The smallest absolute Gasteiger partial charge is 0.284 e. The summed E-state index contributed by atoms with van der Waals surface area (Å²) in [6, 6.07) is 13.6. The van der Waals surface area contributed by atoms with E-state index in [4.69, 9.17) is 11.6 Å². The molecule has 1 aromatic heterocycles. The first kappa shape index (κ1) is 35.7. The van der Waals surface area contributed by atoms with Crippen LogP contribution >= 0.6 is 11.6 Å². The summed E-state index contributed by atoms with van der Waals surface area (Å²) in [5, 5.41) is 9.22. The first-order chi connectivity index (χ1) is 21.4. The molecule has 1 atom stereocenters. The first-order valence-electron chi connectivity index (χ1n) is 15.2. The van der Waals surface area contributed by atoms with Crippen LogP contribution in [0.1, 0.15) is 91.4 Å². The Morgan fingerprint density at radius 1 is 0.978 bits per heavy atom. The molecule has 3 rings (SSSR count). The monoisotopic (exact) mass is 651 g/mol. The van der Waals surface area contributed by atoms with Gasteiger partial charge >= 0.3 is 0 Å². The molecule has 0 aliphatic rings. The predicted molar refractivity (Wildman–Crippen MR) is 175 cm³/mol. The van der Waals surface area contributed by atoms with E-state index in [1.165, 1.54) is 29.1 Å². The SMILES string of the molecule is Cc1ccc(S(=O)(=O)/N=c2\cnc(C(=O)N(CCC(C)C)CCC(C)C)cn2C(CCCCl)C(=O)c2ccc(C#N)cc2)cc1. The Labute approximate surface area is 271 Å². The Hall–Kier alpha value is -3.81. The van der Waals surface area contributed by atoms with Gasteiger partial charge in [-0.2, -0.15) is 13.7 Å². The number of rotatable bonds is 15. The standard InChI is InChI=1S/C34H42ClN5O4S/c1-24(2)16-19-39(20-17-25(3)4)34(42)30-23-40(31(7-6-18-35)33(41)28-12-10-27(21-36)11-13-28)32(22-37-30)38-45(43,44)29-14-8-26(5)9-15-29/h8-15,22-25,31H,6-7,16-20H2,1-5H3/b38-32+. The van der Waals surface area contributed by atoms with Crippen molar-refractivity contribution in [3.05, 3.63) is 88.8 Å². The summed E-state index contributed by atoms with van der Waals surface area (Å²) in [4.78, 5) is 34.0. The topological polar surface area (TPSA) is 125 Å². The maximum atomic E-state index is 14.0. The number of carbonyl (C=O) groups excluding carboxylic acids is 2. The number of amides is 1. The lowest BCUT2D eigenvalue weighted by Gasteiger charge is -2.25. The quantitative estimate of drug-likeness (QED) is 0.140. The zero-order valence-corrected chi connectivity index (χ0v) is 28.2. The molecule has 0 fully saturated rings. The van der Waals surface area contributed by atoms with Gasteiger partial charge in [0.1, 0.15) is 5.69 Å². The number of nitriles is 1. The summed E-state index contributed by atoms with van der Waals surface area (Å²) < 4.78 is 32.4. The van der Waals surface area contributed by atoms with Gasteiger partial charge in [-0.05, 0) is 68.7 Å². The zero-order chi connectivity index (χ0) is 33.1. The third-order valence-corrected chi connectivity index (χ3v) is 8.95. The fourth-order valence-corrected chi connectivity index (χ4v) is 5.74. The molecule has 9 nitrogen and oxygen atoms in total. The summed E-state index contributed by atoms with van der Waals surface area (Å²) in [5.74, 6) is 0.395. The van der Waals surface area contributed by atoms with E-state index >= 15 is 0 Å². The molecule has 0 spiro atoms. The van der Waals surface area contributed by atoms with Gasteiger partial charge in [0.05, 0.1) is 28.8 Å². The predicted octanol–water partition coefficient (Wildman–Crippen LogP) is 6.33. The fourth-order valence-electron chi connectivity index (χ4n) is 4.62. The molecule has 2 aromatic carbocycles. The van der Waals surface area contributed by atoms with Gasteiger partial charge in [-0.15, -0.1) is 16.0 Å².